The fourth-order valence-corrected chi connectivity index (χ4v) is 3.57. The van der Waals surface area contributed by atoms with E-state index in [4.69, 9.17) is 16.7 Å². The molecule has 0 saturated carbocycles. The highest BCUT2D eigenvalue weighted by Crippen LogP contribution is 2.42. The van der Waals surface area contributed by atoms with E-state index in [0.29, 0.717) is 11.4 Å². The number of halogens is 2. The maximum atomic E-state index is 9.32. The Labute approximate surface area is 165 Å². The molecule has 1 aromatic carbocycles. The lowest BCUT2D eigenvalue weighted by Crippen LogP contribution is -2.33. The van der Waals surface area contributed by atoms with Gasteiger partial charge in [-0.2, -0.15) is 10.5 Å². The minimum Gasteiger partial charge on any atom is -0.397 e. The molecule has 10 heteroatoms. The second-order valence-corrected chi connectivity index (χ2v) is 6.98. The van der Waals surface area contributed by atoms with Gasteiger partial charge < -0.3 is 16.8 Å². The Hall–Kier alpha value is -2.57. The number of nitrogens with two attached hydrogens (primary N) is 2. The Balaban J connectivity index is 2.30. The minimum absolute atomic E-state index is 0.0205. The first-order valence-corrected chi connectivity index (χ1v) is 8.77. The third kappa shape index (κ3) is 2.94. The van der Waals surface area contributed by atoms with E-state index in [0.717, 1.165) is 13.6 Å². The van der Waals surface area contributed by atoms with Gasteiger partial charge in [0.05, 0.1) is 5.69 Å². The Kier molecular flexibility index (Phi) is 4.65. The van der Waals surface area contributed by atoms with Crippen LogP contribution in [-0.4, -0.2) is 10.9 Å². The van der Waals surface area contributed by atoms with Crippen molar-refractivity contribution in [2.45, 2.75) is 6.04 Å². The number of aliphatic imine (C=N–C) groups is 1. The molecule has 0 fully saturated rings. The van der Waals surface area contributed by atoms with Crippen molar-refractivity contribution in [1.82, 2.24) is 10.3 Å². The molecule has 2 heterocycles. The fraction of sp³-hybridized carbons (Fsp3) is 0.0667. The third-order valence-electron chi connectivity index (χ3n) is 3.63. The van der Waals surface area contributed by atoms with Gasteiger partial charge in [-0.15, -0.1) is 0 Å². The molecule has 0 amide bonds. The fourth-order valence-electron chi connectivity index (χ4n) is 2.54. The van der Waals surface area contributed by atoms with Crippen molar-refractivity contribution < 1.29 is 0 Å². The summed E-state index contributed by atoms with van der Waals surface area (Å²) < 4.78 is 1.84. The third-order valence-corrected chi connectivity index (χ3v) is 6.24. The molecular formula is C15H10BrIN8. The predicted molar refractivity (Wildman–Crippen MR) is 106 cm³/mol. The molecule has 0 bridgehead atoms. The summed E-state index contributed by atoms with van der Waals surface area (Å²) in [7, 11) is 0. The Morgan fingerprint density at radius 3 is 2.76 bits per heavy atom. The lowest BCUT2D eigenvalue weighted by Gasteiger charge is -2.27. The molecule has 0 aliphatic carbocycles. The molecule has 1 aliphatic heterocycles. The average molecular weight is 509 g/mol. The van der Waals surface area contributed by atoms with Crippen molar-refractivity contribution in [3.63, 3.8) is 0 Å². The van der Waals surface area contributed by atoms with Gasteiger partial charge in [0.15, 0.2) is 6.19 Å². The number of nitrogens with one attached hydrogen (secondary N) is 2. The molecule has 0 spiro atoms. The van der Waals surface area contributed by atoms with Crippen LogP contribution in [0.2, 0.25) is 0 Å². The summed E-state index contributed by atoms with van der Waals surface area (Å²) in [5, 5.41) is 23.6. The van der Waals surface area contributed by atoms with Crippen molar-refractivity contribution >= 4 is 61.8 Å². The Morgan fingerprint density at radius 1 is 1.32 bits per heavy atom. The lowest BCUT2D eigenvalue weighted by atomic mass is 9.95. The van der Waals surface area contributed by atoms with Gasteiger partial charge in [0.2, 0.25) is 5.96 Å². The summed E-state index contributed by atoms with van der Waals surface area (Å²) in [5.41, 5.74) is 13.8. The van der Waals surface area contributed by atoms with Crippen LogP contribution in [0.4, 0.5) is 17.3 Å². The number of pyridine rings is 1. The summed E-state index contributed by atoms with van der Waals surface area (Å²) in [4.78, 5) is 8.75. The first kappa shape index (κ1) is 17.3. The van der Waals surface area contributed by atoms with E-state index < -0.39 is 6.04 Å². The first-order valence-electron chi connectivity index (χ1n) is 6.90. The quantitative estimate of drug-likeness (QED) is 0.262. The lowest BCUT2D eigenvalue weighted by molar-refractivity contribution is 0.840. The Bertz CT molecular complexity index is 988. The summed E-state index contributed by atoms with van der Waals surface area (Å²) >= 11 is 5.70. The van der Waals surface area contributed by atoms with Gasteiger partial charge in [-0.1, -0.05) is 12.1 Å². The largest absolute Gasteiger partial charge is 0.397 e. The molecular weight excluding hydrogens is 499 g/mol. The number of rotatable bonds is 1. The highest BCUT2D eigenvalue weighted by atomic mass is 127. The number of benzene rings is 1. The van der Waals surface area contributed by atoms with E-state index in [1.165, 1.54) is 0 Å². The van der Waals surface area contributed by atoms with E-state index in [-0.39, 0.29) is 23.0 Å². The molecule has 1 aliphatic rings. The van der Waals surface area contributed by atoms with Gasteiger partial charge in [-0.25, -0.2) is 9.98 Å². The van der Waals surface area contributed by atoms with E-state index in [2.05, 4.69) is 59.1 Å². The zero-order chi connectivity index (χ0) is 18.1. The second-order valence-electron chi connectivity index (χ2n) is 5.04. The molecule has 1 atom stereocenters. The molecule has 2 aromatic rings. The van der Waals surface area contributed by atoms with Gasteiger partial charge in [0, 0.05) is 13.6 Å². The molecule has 6 N–H and O–H groups in total. The van der Waals surface area contributed by atoms with Crippen molar-refractivity contribution in [2.24, 2.45) is 4.99 Å². The van der Waals surface area contributed by atoms with Crippen LogP contribution in [0.1, 0.15) is 22.7 Å². The number of anilines is 3. The SMILES string of the molecule is N#CNC1=NC(c2cccc(Br)c2I)c2c(nc(N)c(C#N)c2N)N1. The number of nitrogen functional groups attached to an aromatic ring is 2. The van der Waals surface area contributed by atoms with E-state index in [1.807, 2.05) is 30.5 Å². The van der Waals surface area contributed by atoms with Crippen molar-refractivity contribution in [3.05, 3.63) is 42.9 Å². The topological polar surface area (TPSA) is 149 Å². The monoisotopic (exact) mass is 508 g/mol. The van der Waals surface area contributed by atoms with Crippen LogP contribution in [-0.2, 0) is 0 Å². The van der Waals surface area contributed by atoms with E-state index in [9.17, 15) is 5.26 Å². The second kappa shape index (κ2) is 6.74. The number of aromatic nitrogens is 1. The number of guanidine groups is 1. The summed E-state index contributed by atoms with van der Waals surface area (Å²) in [6, 6.07) is 7.13. The smallest absolute Gasteiger partial charge is 0.211 e. The van der Waals surface area contributed by atoms with Crippen LogP contribution in [0.3, 0.4) is 0 Å². The summed E-state index contributed by atoms with van der Waals surface area (Å²) in [5.74, 6) is 0.612. The van der Waals surface area contributed by atoms with Crippen molar-refractivity contribution in [3.8, 4) is 12.3 Å². The average Bonchev–Trinajstić information content (AvgIpc) is 2.57. The first-order chi connectivity index (χ1) is 12.0. The molecule has 1 unspecified atom stereocenters. The van der Waals surface area contributed by atoms with Crippen molar-refractivity contribution in [2.75, 3.05) is 16.8 Å². The van der Waals surface area contributed by atoms with Crippen LogP contribution < -0.4 is 22.1 Å². The highest BCUT2D eigenvalue weighted by Gasteiger charge is 2.30. The predicted octanol–water partition coefficient (Wildman–Crippen LogP) is 2.43. The standard InChI is InChI=1S/C15H10BrIN8/c16-8-3-1-2-6(10(8)17)12-9-11(20)7(4-18)13(21)24-14(9)25-15(23-12)22-5-19/h1-3,12H,(H6,20,21,22,23,24,25). The molecule has 124 valence electrons. The molecule has 0 saturated heterocycles. The van der Waals surface area contributed by atoms with Gasteiger partial charge in [-0.3, -0.25) is 5.32 Å². The number of nitrogens with zero attached hydrogens (tertiary/aromatic N) is 4. The molecule has 3 rings (SSSR count). The zero-order valence-corrected chi connectivity index (χ0v) is 16.3. The van der Waals surface area contributed by atoms with E-state index in [1.54, 1.807) is 0 Å². The maximum absolute atomic E-state index is 9.32. The number of nitriles is 2. The normalized spacial score (nSPS) is 15.2. The zero-order valence-electron chi connectivity index (χ0n) is 12.5. The van der Waals surface area contributed by atoms with Crippen LogP contribution in [0, 0.1) is 26.4 Å². The van der Waals surface area contributed by atoms with E-state index >= 15 is 0 Å². The van der Waals surface area contributed by atoms with Gasteiger partial charge in [0.1, 0.15) is 29.3 Å². The molecule has 1 aromatic heterocycles. The van der Waals surface area contributed by atoms with Crippen molar-refractivity contribution in [1.29, 1.82) is 10.5 Å². The molecule has 25 heavy (non-hydrogen) atoms. The van der Waals surface area contributed by atoms with Crippen LogP contribution in [0.5, 0.6) is 0 Å². The van der Waals surface area contributed by atoms with Gasteiger partial charge >= 0.3 is 0 Å². The van der Waals surface area contributed by atoms with Crippen LogP contribution in [0.15, 0.2) is 27.7 Å². The number of fused-ring (bicyclic) bond motifs is 1. The maximum Gasteiger partial charge on any atom is 0.211 e. The van der Waals surface area contributed by atoms with Crippen LogP contribution >= 0.6 is 38.5 Å². The molecule has 8 nitrogen and oxygen atoms in total. The number of hydrogen-bond acceptors (Lipinski definition) is 8. The number of hydrogen-bond donors (Lipinski definition) is 4. The Morgan fingerprint density at radius 2 is 2.08 bits per heavy atom. The van der Waals surface area contributed by atoms with Gasteiger partial charge in [0.25, 0.3) is 0 Å². The minimum atomic E-state index is -0.545. The summed E-state index contributed by atoms with van der Waals surface area (Å²) in [6.45, 7) is 0. The molecule has 0 radical (unpaired) electrons. The highest BCUT2D eigenvalue weighted by molar-refractivity contribution is 14.1. The summed E-state index contributed by atoms with van der Waals surface area (Å²) in [6.07, 6.45) is 1.82. The van der Waals surface area contributed by atoms with Gasteiger partial charge in [-0.05, 0) is 50.2 Å². The van der Waals surface area contributed by atoms with Crippen LogP contribution in [0.25, 0.3) is 0 Å².